The minimum absolute atomic E-state index is 0.0305. The molecule has 3 aromatic rings. The minimum Gasteiger partial charge on any atom is -0.378 e. The number of aromatic nitrogens is 4. The van der Waals surface area contributed by atoms with Crippen LogP contribution in [0.25, 0.3) is 22.2 Å². The van der Waals surface area contributed by atoms with E-state index in [2.05, 4.69) is 36.3 Å². The number of aliphatic hydroxyl groups is 1. The van der Waals surface area contributed by atoms with E-state index in [-0.39, 0.29) is 17.6 Å². The van der Waals surface area contributed by atoms with Gasteiger partial charge >= 0.3 is 0 Å². The van der Waals surface area contributed by atoms with E-state index in [1.54, 1.807) is 13.1 Å². The number of anilines is 1. The second-order valence-electron chi connectivity index (χ2n) is 10.2. The van der Waals surface area contributed by atoms with Gasteiger partial charge in [-0.2, -0.15) is 0 Å². The van der Waals surface area contributed by atoms with Crippen LogP contribution in [-0.4, -0.2) is 54.3 Å². The fourth-order valence-corrected chi connectivity index (χ4v) is 5.45. The van der Waals surface area contributed by atoms with E-state index < -0.39 is 11.4 Å². The van der Waals surface area contributed by atoms with Crippen LogP contribution in [0.5, 0.6) is 0 Å². The van der Waals surface area contributed by atoms with Crippen molar-refractivity contribution in [2.45, 2.75) is 63.1 Å². The molecule has 176 valence electrons. The number of pyridine rings is 1. The number of fused-ring (bicyclic) bond motifs is 1. The second kappa shape index (κ2) is 8.03. The molecule has 1 aliphatic heterocycles. The van der Waals surface area contributed by atoms with E-state index in [1.807, 2.05) is 12.3 Å². The lowest BCUT2D eigenvalue weighted by atomic mass is 10.0. The van der Waals surface area contributed by atoms with Crippen molar-refractivity contribution in [3.05, 3.63) is 36.2 Å². The average molecular weight is 461 g/mol. The van der Waals surface area contributed by atoms with Crippen molar-refractivity contribution in [1.82, 2.24) is 24.4 Å². The fraction of sp³-hybridized carbons (Fsp3) is 0.500. The van der Waals surface area contributed by atoms with Gasteiger partial charge in [-0.15, -0.1) is 0 Å². The molecule has 3 aromatic heterocycles. The van der Waals surface area contributed by atoms with Crippen molar-refractivity contribution in [1.29, 1.82) is 0 Å². The third-order valence-corrected chi connectivity index (χ3v) is 7.68. The quantitative estimate of drug-likeness (QED) is 0.579. The summed E-state index contributed by atoms with van der Waals surface area (Å²) >= 11 is 0. The van der Waals surface area contributed by atoms with Gasteiger partial charge in [0.15, 0.2) is 5.82 Å². The molecule has 8 heteroatoms. The molecule has 3 aliphatic rings. The molecule has 2 aliphatic carbocycles. The van der Waals surface area contributed by atoms with Crippen LogP contribution in [0.3, 0.4) is 0 Å². The Morgan fingerprint density at radius 3 is 2.62 bits per heavy atom. The van der Waals surface area contributed by atoms with Gasteiger partial charge in [0.2, 0.25) is 5.95 Å². The Labute approximate surface area is 198 Å². The molecule has 6 rings (SSSR count). The maximum absolute atomic E-state index is 14.8. The molecule has 0 spiro atoms. The molecule has 0 bridgehead atoms. The van der Waals surface area contributed by atoms with Gasteiger partial charge in [-0.05, 0) is 50.5 Å². The molecule has 4 heterocycles. The molecule has 0 amide bonds. The largest absolute Gasteiger partial charge is 0.378 e. The topological polar surface area (TPSA) is 93.1 Å². The summed E-state index contributed by atoms with van der Waals surface area (Å²) in [7, 11) is 0. The molecular formula is C26H29FN6O. The summed E-state index contributed by atoms with van der Waals surface area (Å²) < 4.78 is 17.0. The van der Waals surface area contributed by atoms with Crippen LogP contribution in [0.15, 0.2) is 24.7 Å². The number of likely N-dealkylation sites (tertiary alicyclic amines) is 1. The van der Waals surface area contributed by atoms with Crippen LogP contribution >= 0.6 is 0 Å². The van der Waals surface area contributed by atoms with Crippen molar-refractivity contribution in [2.24, 2.45) is 5.92 Å². The normalized spacial score (nSPS) is 21.3. The van der Waals surface area contributed by atoms with Gasteiger partial charge in [-0.3, -0.25) is 4.90 Å². The van der Waals surface area contributed by atoms with Gasteiger partial charge in [0.25, 0.3) is 0 Å². The number of rotatable bonds is 4. The molecular weight excluding hydrogens is 431 g/mol. The lowest BCUT2D eigenvalue weighted by molar-refractivity contribution is 0.0638. The highest BCUT2D eigenvalue weighted by molar-refractivity contribution is 5.95. The smallest absolute Gasteiger partial charge is 0.220 e. The Bertz CT molecular complexity index is 1310. The monoisotopic (exact) mass is 460 g/mol. The number of hydrogen-bond acceptors (Lipinski definition) is 6. The molecule has 34 heavy (non-hydrogen) atoms. The zero-order valence-corrected chi connectivity index (χ0v) is 19.3. The van der Waals surface area contributed by atoms with Gasteiger partial charge in [0.1, 0.15) is 17.0 Å². The third kappa shape index (κ3) is 3.83. The highest BCUT2D eigenvalue weighted by Gasteiger charge is 2.39. The van der Waals surface area contributed by atoms with Crippen molar-refractivity contribution >= 4 is 16.9 Å². The third-order valence-electron chi connectivity index (χ3n) is 7.68. The van der Waals surface area contributed by atoms with Crippen LogP contribution < -0.4 is 5.73 Å². The van der Waals surface area contributed by atoms with E-state index in [0.717, 1.165) is 43.0 Å². The van der Waals surface area contributed by atoms with Gasteiger partial charge < -0.3 is 15.4 Å². The summed E-state index contributed by atoms with van der Waals surface area (Å²) in [5.41, 5.74) is 7.06. The number of halogens is 1. The van der Waals surface area contributed by atoms with E-state index in [1.165, 1.54) is 25.7 Å². The van der Waals surface area contributed by atoms with Crippen LogP contribution in [0.2, 0.25) is 0 Å². The first-order chi connectivity index (χ1) is 16.4. The average Bonchev–Trinajstić information content (AvgIpc) is 3.42. The highest BCUT2D eigenvalue weighted by atomic mass is 19.1. The Morgan fingerprint density at radius 1 is 1.12 bits per heavy atom. The van der Waals surface area contributed by atoms with Gasteiger partial charge in [0.05, 0.1) is 24.0 Å². The van der Waals surface area contributed by atoms with Gasteiger partial charge in [-0.25, -0.2) is 19.3 Å². The SMILES string of the molecule is CC(O)(C#Cc1cc2c(-c3nc(N)ncc3F)cn(C3CN(C4CCCC4)C3)c2cn1)C1CC1. The van der Waals surface area contributed by atoms with E-state index in [0.29, 0.717) is 23.3 Å². The van der Waals surface area contributed by atoms with Crippen molar-refractivity contribution < 1.29 is 9.50 Å². The molecule has 1 unspecified atom stereocenters. The van der Waals surface area contributed by atoms with E-state index in [9.17, 15) is 9.50 Å². The van der Waals surface area contributed by atoms with Crippen molar-refractivity contribution in [2.75, 3.05) is 18.8 Å². The first-order valence-corrected chi connectivity index (χ1v) is 12.2. The second-order valence-corrected chi connectivity index (χ2v) is 10.2. The Kier molecular flexibility index (Phi) is 5.08. The summed E-state index contributed by atoms with van der Waals surface area (Å²) in [6.45, 7) is 3.71. The lowest BCUT2D eigenvalue weighted by Crippen LogP contribution is -2.51. The maximum Gasteiger partial charge on any atom is 0.220 e. The van der Waals surface area contributed by atoms with Crippen LogP contribution in [0.4, 0.5) is 10.3 Å². The van der Waals surface area contributed by atoms with Gasteiger partial charge in [0, 0.05) is 36.3 Å². The predicted molar refractivity (Wildman–Crippen MR) is 128 cm³/mol. The summed E-state index contributed by atoms with van der Waals surface area (Å²) in [5, 5.41) is 11.4. The Morgan fingerprint density at radius 2 is 1.88 bits per heavy atom. The highest BCUT2D eigenvalue weighted by Crippen LogP contribution is 2.40. The first kappa shape index (κ1) is 21.5. The fourth-order valence-electron chi connectivity index (χ4n) is 5.45. The maximum atomic E-state index is 14.8. The number of hydrogen-bond donors (Lipinski definition) is 2. The van der Waals surface area contributed by atoms with E-state index >= 15 is 0 Å². The van der Waals surface area contributed by atoms with Crippen molar-refractivity contribution in [3.63, 3.8) is 0 Å². The standard InChI is InChI=1S/C26H29FN6O/c1-26(34,16-6-7-16)9-8-17-10-20-21(24-22(27)11-30-25(28)31-24)15-33(23(20)12-29-17)19-13-32(14-19)18-4-2-3-5-18/h10-12,15-16,18-19,34H,2-7,13-14H2,1H3,(H2,28,30,31). The zero-order chi connectivity index (χ0) is 23.4. The summed E-state index contributed by atoms with van der Waals surface area (Å²) in [6, 6.07) is 2.85. The van der Waals surface area contributed by atoms with Crippen molar-refractivity contribution in [3.8, 4) is 23.1 Å². The predicted octanol–water partition coefficient (Wildman–Crippen LogP) is 3.53. The molecule has 3 N–H and O–H groups in total. The molecule has 7 nitrogen and oxygen atoms in total. The minimum atomic E-state index is -1.02. The molecule has 0 radical (unpaired) electrons. The van der Waals surface area contributed by atoms with Crippen LogP contribution in [-0.2, 0) is 0 Å². The van der Waals surface area contributed by atoms with Crippen LogP contribution in [0.1, 0.15) is 57.2 Å². The number of nitrogens with two attached hydrogens (primary N) is 1. The summed E-state index contributed by atoms with van der Waals surface area (Å²) in [4.78, 5) is 15.1. The molecule has 0 aromatic carbocycles. The Hall–Kier alpha value is -3.02. The molecule has 1 saturated heterocycles. The molecule has 2 saturated carbocycles. The summed E-state index contributed by atoms with van der Waals surface area (Å²) in [6.07, 6.45) is 12.1. The molecule has 1 atom stereocenters. The van der Waals surface area contributed by atoms with E-state index in [4.69, 9.17) is 5.73 Å². The number of nitrogen functional groups attached to an aromatic ring is 1. The Balaban J connectivity index is 1.39. The summed E-state index contributed by atoms with van der Waals surface area (Å²) in [5.74, 6) is 5.75. The molecule has 3 fully saturated rings. The number of nitrogens with zero attached hydrogens (tertiary/aromatic N) is 5. The zero-order valence-electron chi connectivity index (χ0n) is 19.3. The van der Waals surface area contributed by atoms with Gasteiger partial charge in [-0.1, -0.05) is 18.8 Å². The first-order valence-electron chi connectivity index (χ1n) is 12.2. The lowest BCUT2D eigenvalue weighted by Gasteiger charge is -2.44. The van der Waals surface area contributed by atoms with Crippen LogP contribution in [0, 0.1) is 23.6 Å².